The van der Waals surface area contributed by atoms with Gasteiger partial charge >= 0.3 is 0 Å². The maximum atomic E-state index is 2.54. The molecule has 0 radical (unpaired) electrons. The Hall–Kier alpha value is 0. The largest absolute Gasteiger partial charge is 0.0654 e. The molecule has 0 bridgehead atoms. The highest BCUT2D eigenvalue weighted by molar-refractivity contribution is 4.81. The van der Waals surface area contributed by atoms with Gasteiger partial charge in [-0.05, 0) is 30.1 Å². The van der Waals surface area contributed by atoms with E-state index in [2.05, 4.69) is 41.5 Å². The number of hydrogen-bond donors (Lipinski definition) is 0. The fraction of sp³-hybridized carbons (Fsp3) is 1.00. The lowest BCUT2D eigenvalue weighted by Gasteiger charge is -2.38. The Balaban J connectivity index is 4.48. The lowest BCUT2D eigenvalue weighted by molar-refractivity contribution is 0.124. The van der Waals surface area contributed by atoms with E-state index in [1.807, 2.05) is 0 Å². The van der Waals surface area contributed by atoms with Crippen molar-refractivity contribution in [3.63, 3.8) is 0 Å². The minimum Gasteiger partial charge on any atom is -0.0654 e. The molecule has 0 aromatic heterocycles. The van der Waals surface area contributed by atoms with Crippen molar-refractivity contribution in [2.45, 2.75) is 92.9 Å². The molecule has 3 unspecified atom stereocenters. The highest BCUT2D eigenvalue weighted by atomic mass is 14.4. The van der Waals surface area contributed by atoms with Gasteiger partial charge in [0, 0.05) is 0 Å². The Morgan fingerprint density at radius 1 is 0.941 bits per heavy atom. The first-order valence-electron chi connectivity index (χ1n) is 8.03. The van der Waals surface area contributed by atoms with Crippen LogP contribution in [0.3, 0.4) is 0 Å². The molecule has 0 aliphatic heterocycles. The SMILES string of the molecule is CCCCC(CC)CC(C)(CCC)C(C)CC. The minimum absolute atomic E-state index is 0.581. The average molecular weight is 240 g/mol. The van der Waals surface area contributed by atoms with Gasteiger partial charge in [-0.1, -0.05) is 80.1 Å². The van der Waals surface area contributed by atoms with Gasteiger partial charge < -0.3 is 0 Å². The summed E-state index contributed by atoms with van der Waals surface area (Å²) in [5.74, 6) is 1.83. The summed E-state index contributed by atoms with van der Waals surface area (Å²) < 4.78 is 0. The molecule has 0 heteroatoms. The minimum atomic E-state index is 0.581. The van der Waals surface area contributed by atoms with E-state index in [0.29, 0.717) is 5.41 Å². The Morgan fingerprint density at radius 2 is 1.59 bits per heavy atom. The van der Waals surface area contributed by atoms with E-state index in [9.17, 15) is 0 Å². The zero-order valence-corrected chi connectivity index (χ0v) is 13.3. The number of unbranched alkanes of at least 4 members (excludes halogenated alkanes) is 1. The summed E-state index contributed by atoms with van der Waals surface area (Å²) in [4.78, 5) is 0. The van der Waals surface area contributed by atoms with Crippen LogP contribution in [-0.2, 0) is 0 Å². The number of rotatable bonds is 10. The average Bonchev–Trinajstić information content (AvgIpc) is 2.33. The zero-order chi connectivity index (χ0) is 13.3. The molecule has 0 rings (SSSR count). The standard InChI is InChI=1S/C17H36/c1-7-11-12-16(10-4)14-17(6,13-8-2)15(5)9-3/h15-16H,7-14H2,1-6H3. The summed E-state index contributed by atoms with van der Waals surface area (Å²) in [6.07, 6.45) is 11.1. The first-order chi connectivity index (χ1) is 8.03. The summed E-state index contributed by atoms with van der Waals surface area (Å²) in [5.41, 5.74) is 0.581. The molecule has 0 aromatic carbocycles. The summed E-state index contributed by atoms with van der Waals surface area (Å²) in [6, 6.07) is 0. The van der Waals surface area contributed by atoms with Gasteiger partial charge in [-0.15, -0.1) is 0 Å². The van der Waals surface area contributed by atoms with E-state index in [0.717, 1.165) is 11.8 Å². The van der Waals surface area contributed by atoms with E-state index < -0.39 is 0 Å². The molecule has 0 heterocycles. The number of hydrogen-bond acceptors (Lipinski definition) is 0. The lowest BCUT2D eigenvalue weighted by Crippen LogP contribution is -2.28. The van der Waals surface area contributed by atoms with Crippen molar-refractivity contribution in [3.05, 3.63) is 0 Å². The van der Waals surface area contributed by atoms with E-state index >= 15 is 0 Å². The normalized spacial score (nSPS) is 18.7. The van der Waals surface area contributed by atoms with Crippen LogP contribution >= 0.6 is 0 Å². The Kier molecular flexibility index (Phi) is 9.00. The van der Waals surface area contributed by atoms with E-state index in [1.54, 1.807) is 0 Å². The molecule has 0 aromatic rings. The smallest absolute Gasteiger partial charge is 0.0298 e. The molecule has 0 fully saturated rings. The first kappa shape index (κ1) is 17.0. The van der Waals surface area contributed by atoms with Gasteiger partial charge in [-0.2, -0.15) is 0 Å². The van der Waals surface area contributed by atoms with Crippen LogP contribution in [0, 0.1) is 17.3 Å². The van der Waals surface area contributed by atoms with E-state index in [4.69, 9.17) is 0 Å². The zero-order valence-electron chi connectivity index (χ0n) is 13.3. The fourth-order valence-electron chi connectivity index (χ4n) is 3.22. The molecule has 0 spiro atoms. The second-order valence-electron chi connectivity index (χ2n) is 6.33. The molecule has 17 heavy (non-hydrogen) atoms. The van der Waals surface area contributed by atoms with Crippen molar-refractivity contribution >= 4 is 0 Å². The highest BCUT2D eigenvalue weighted by Gasteiger charge is 2.31. The van der Waals surface area contributed by atoms with Crippen molar-refractivity contribution in [1.29, 1.82) is 0 Å². The van der Waals surface area contributed by atoms with Crippen LogP contribution < -0.4 is 0 Å². The van der Waals surface area contributed by atoms with Gasteiger partial charge in [0.2, 0.25) is 0 Å². The molecule has 0 nitrogen and oxygen atoms in total. The van der Waals surface area contributed by atoms with Crippen molar-refractivity contribution in [2.75, 3.05) is 0 Å². The lowest BCUT2D eigenvalue weighted by atomic mass is 9.67. The maximum absolute atomic E-state index is 2.54. The summed E-state index contributed by atoms with van der Waals surface area (Å²) >= 11 is 0. The Labute approximate surface area is 111 Å². The van der Waals surface area contributed by atoms with Crippen LogP contribution in [0.15, 0.2) is 0 Å². The Bertz CT molecular complexity index is 173. The molecule has 0 amide bonds. The predicted octanol–water partition coefficient (Wildman–Crippen LogP) is 6.45. The molecule has 0 aliphatic carbocycles. The van der Waals surface area contributed by atoms with Gasteiger partial charge in [0.15, 0.2) is 0 Å². The molecular formula is C17H36. The molecule has 104 valence electrons. The van der Waals surface area contributed by atoms with Gasteiger partial charge in [0.05, 0.1) is 0 Å². The van der Waals surface area contributed by atoms with Gasteiger partial charge in [-0.25, -0.2) is 0 Å². The summed E-state index contributed by atoms with van der Waals surface area (Å²) in [7, 11) is 0. The second kappa shape index (κ2) is 9.00. The first-order valence-corrected chi connectivity index (χ1v) is 8.03. The Morgan fingerprint density at radius 3 is 2.00 bits per heavy atom. The molecule has 0 saturated heterocycles. The van der Waals surface area contributed by atoms with Gasteiger partial charge in [0.1, 0.15) is 0 Å². The summed E-state index contributed by atoms with van der Waals surface area (Å²) in [6.45, 7) is 14.4. The van der Waals surface area contributed by atoms with Crippen LogP contribution in [0.4, 0.5) is 0 Å². The third-order valence-corrected chi connectivity index (χ3v) is 4.92. The fourth-order valence-corrected chi connectivity index (χ4v) is 3.22. The van der Waals surface area contributed by atoms with E-state index in [-0.39, 0.29) is 0 Å². The van der Waals surface area contributed by atoms with Gasteiger partial charge in [0.25, 0.3) is 0 Å². The van der Waals surface area contributed by atoms with Crippen molar-refractivity contribution < 1.29 is 0 Å². The van der Waals surface area contributed by atoms with Crippen LogP contribution in [0.25, 0.3) is 0 Å². The molecule has 3 atom stereocenters. The van der Waals surface area contributed by atoms with Crippen LogP contribution in [0.5, 0.6) is 0 Å². The van der Waals surface area contributed by atoms with Crippen molar-refractivity contribution in [2.24, 2.45) is 17.3 Å². The predicted molar refractivity (Wildman–Crippen MR) is 80.4 cm³/mol. The van der Waals surface area contributed by atoms with Crippen molar-refractivity contribution in [1.82, 2.24) is 0 Å². The molecule has 0 saturated carbocycles. The maximum Gasteiger partial charge on any atom is -0.0298 e. The third kappa shape index (κ3) is 5.93. The second-order valence-corrected chi connectivity index (χ2v) is 6.33. The van der Waals surface area contributed by atoms with Crippen LogP contribution in [0.1, 0.15) is 92.9 Å². The van der Waals surface area contributed by atoms with E-state index in [1.165, 1.54) is 51.4 Å². The third-order valence-electron chi connectivity index (χ3n) is 4.92. The summed E-state index contributed by atoms with van der Waals surface area (Å²) in [5, 5.41) is 0. The van der Waals surface area contributed by atoms with Crippen LogP contribution in [-0.4, -0.2) is 0 Å². The van der Waals surface area contributed by atoms with Gasteiger partial charge in [-0.3, -0.25) is 0 Å². The van der Waals surface area contributed by atoms with Crippen molar-refractivity contribution in [3.8, 4) is 0 Å². The highest BCUT2D eigenvalue weighted by Crippen LogP contribution is 2.42. The molecular weight excluding hydrogens is 204 g/mol. The monoisotopic (exact) mass is 240 g/mol. The topological polar surface area (TPSA) is 0 Å². The quantitative estimate of drug-likeness (QED) is 0.412. The van der Waals surface area contributed by atoms with Crippen LogP contribution in [0.2, 0.25) is 0 Å². The molecule has 0 aliphatic rings. The molecule has 0 N–H and O–H groups in total.